The van der Waals surface area contributed by atoms with E-state index in [-0.39, 0.29) is 18.1 Å². The molecule has 26 heavy (non-hydrogen) atoms. The topological polar surface area (TPSA) is 71.0 Å². The van der Waals surface area contributed by atoms with Crippen LogP contribution in [0.1, 0.15) is 51.4 Å². The van der Waals surface area contributed by atoms with Crippen molar-refractivity contribution in [2.75, 3.05) is 26.8 Å². The fourth-order valence-corrected chi connectivity index (χ4v) is 4.95. The van der Waals surface area contributed by atoms with E-state index < -0.39 is 11.8 Å². The maximum absolute atomic E-state index is 12.5. The first-order valence-corrected chi connectivity index (χ1v) is 10.1. The Bertz CT molecular complexity index is 494. The molecule has 1 aliphatic heterocycles. The van der Waals surface area contributed by atoms with Crippen LogP contribution < -0.4 is 5.32 Å². The van der Waals surface area contributed by atoms with Gasteiger partial charge in [-0.2, -0.15) is 0 Å². The Morgan fingerprint density at radius 2 is 2.12 bits per heavy atom. The number of likely N-dealkylation sites (tertiary alicyclic amines) is 1. The van der Waals surface area contributed by atoms with Crippen LogP contribution >= 0.6 is 0 Å². The van der Waals surface area contributed by atoms with Gasteiger partial charge in [0, 0.05) is 19.1 Å². The summed E-state index contributed by atoms with van der Waals surface area (Å²) in [6.07, 6.45) is 9.72. The van der Waals surface area contributed by atoms with Gasteiger partial charge in [-0.25, -0.2) is 0 Å². The lowest BCUT2D eigenvalue weighted by Crippen LogP contribution is -2.53. The van der Waals surface area contributed by atoms with Gasteiger partial charge in [0.2, 0.25) is 0 Å². The van der Waals surface area contributed by atoms with Crippen LogP contribution in [-0.2, 0) is 14.3 Å². The molecule has 148 valence electrons. The van der Waals surface area contributed by atoms with Crippen molar-refractivity contribution >= 4 is 5.97 Å². The highest BCUT2D eigenvalue weighted by Gasteiger charge is 2.65. The summed E-state index contributed by atoms with van der Waals surface area (Å²) in [7, 11) is 1.48. The summed E-state index contributed by atoms with van der Waals surface area (Å²) in [5.41, 5.74) is -0.440. The number of carbonyl (C=O) groups excluding carboxylic acids is 1. The van der Waals surface area contributed by atoms with E-state index >= 15 is 0 Å². The lowest BCUT2D eigenvalue weighted by molar-refractivity contribution is -0.151. The van der Waals surface area contributed by atoms with E-state index in [1.54, 1.807) is 6.08 Å². The van der Waals surface area contributed by atoms with E-state index in [1.165, 1.54) is 26.4 Å². The van der Waals surface area contributed by atoms with Crippen molar-refractivity contribution < 1.29 is 19.4 Å². The molecule has 1 saturated heterocycles. The Morgan fingerprint density at radius 1 is 1.35 bits per heavy atom. The predicted molar refractivity (Wildman–Crippen MR) is 99.3 cm³/mol. The number of esters is 1. The van der Waals surface area contributed by atoms with Gasteiger partial charge >= 0.3 is 5.97 Å². The molecule has 3 rings (SSSR count). The second-order valence-electron chi connectivity index (χ2n) is 8.05. The molecule has 0 aromatic rings. The number of hydrogen-bond donors (Lipinski definition) is 2. The van der Waals surface area contributed by atoms with Crippen molar-refractivity contribution in [1.82, 2.24) is 10.2 Å². The molecule has 4 atom stereocenters. The lowest BCUT2D eigenvalue weighted by atomic mass is 9.77. The third-order valence-electron chi connectivity index (χ3n) is 6.46. The molecule has 2 saturated carbocycles. The van der Waals surface area contributed by atoms with Gasteiger partial charge in [-0.05, 0) is 38.0 Å². The average molecular weight is 367 g/mol. The molecule has 0 aromatic heterocycles. The molecule has 0 radical (unpaired) electrons. The largest absolute Gasteiger partial charge is 0.469 e. The number of aliphatic hydroxyl groups is 1. The number of methoxy groups -OCH3 is 1. The molecule has 0 spiro atoms. The summed E-state index contributed by atoms with van der Waals surface area (Å²) in [4.78, 5) is 14.6. The van der Waals surface area contributed by atoms with Gasteiger partial charge in [0.1, 0.15) is 0 Å². The molecular weight excluding hydrogens is 332 g/mol. The van der Waals surface area contributed by atoms with Gasteiger partial charge in [-0.1, -0.05) is 25.3 Å². The molecule has 0 aromatic carbocycles. The molecule has 3 unspecified atom stereocenters. The van der Waals surface area contributed by atoms with E-state index in [2.05, 4.69) is 11.9 Å². The van der Waals surface area contributed by atoms with Crippen molar-refractivity contribution in [3.63, 3.8) is 0 Å². The zero-order valence-electron chi connectivity index (χ0n) is 16.0. The number of piperidine rings is 1. The zero-order chi connectivity index (χ0) is 18.6. The van der Waals surface area contributed by atoms with Crippen LogP contribution in [0.15, 0.2) is 12.7 Å². The fourth-order valence-electron chi connectivity index (χ4n) is 4.95. The van der Waals surface area contributed by atoms with Gasteiger partial charge < -0.3 is 14.6 Å². The Balaban J connectivity index is 1.57. The zero-order valence-corrected chi connectivity index (χ0v) is 16.0. The second-order valence-corrected chi connectivity index (χ2v) is 8.05. The van der Waals surface area contributed by atoms with Gasteiger partial charge in [-0.15, -0.1) is 6.58 Å². The number of nitrogens with zero attached hydrogens (tertiary/aromatic N) is 1. The smallest absolute Gasteiger partial charge is 0.313 e. The number of ether oxygens (including phenoxy) is 2. The van der Waals surface area contributed by atoms with Crippen LogP contribution in [0.5, 0.6) is 0 Å². The van der Waals surface area contributed by atoms with E-state index in [0.717, 1.165) is 38.6 Å². The van der Waals surface area contributed by atoms with Gasteiger partial charge in [0.15, 0.2) is 6.35 Å². The molecule has 0 amide bonds. The Morgan fingerprint density at radius 3 is 2.81 bits per heavy atom. The number of carbonyl (C=O) groups is 1. The Hall–Kier alpha value is -0.950. The Labute approximate surface area is 156 Å². The third kappa shape index (κ3) is 4.14. The monoisotopic (exact) mass is 366 g/mol. The highest BCUT2D eigenvalue weighted by atomic mass is 16.5. The number of nitrogens with one attached hydrogen (secondary N) is 1. The first-order chi connectivity index (χ1) is 12.6. The average Bonchev–Trinajstić information content (AvgIpc) is 3.41. The lowest BCUT2D eigenvalue weighted by Gasteiger charge is -2.36. The van der Waals surface area contributed by atoms with Gasteiger partial charge in [-0.3, -0.25) is 15.0 Å². The van der Waals surface area contributed by atoms with Crippen LogP contribution in [0, 0.1) is 11.3 Å². The number of aliphatic hydroxyl groups excluding tert-OH is 1. The van der Waals surface area contributed by atoms with Gasteiger partial charge in [0.05, 0.1) is 25.2 Å². The molecular formula is C20H34N2O4. The summed E-state index contributed by atoms with van der Waals surface area (Å²) < 4.78 is 10.9. The molecule has 3 fully saturated rings. The summed E-state index contributed by atoms with van der Waals surface area (Å²) in [5.74, 6) is 0.262. The third-order valence-corrected chi connectivity index (χ3v) is 6.46. The predicted octanol–water partition coefficient (Wildman–Crippen LogP) is 2.03. The molecule has 3 aliphatic rings. The van der Waals surface area contributed by atoms with E-state index in [1.807, 2.05) is 4.90 Å². The van der Waals surface area contributed by atoms with E-state index in [9.17, 15) is 9.90 Å². The second kappa shape index (κ2) is 8.83. The summed E-state index contributed by atoms with van der Waals surface area (Å²) in [5, 5.41) is 14.0. The molecule has 6 heteroatoms. The van der Waals surface area contributed by atoms with Crippen molar-refractivity contribution in [2.24, 2.45) is 11.3 Å². The van der Waals surface area contributed by atoms with E-state index in [4.69, 9.17) is 9.47 Å². The number of rotatable bonds is 8. The van der Waals surface area contributed by atoms with Crippen LogP contribution in [0.4, 0.5) is 0 Å². The highest BCUT2D eigenvalue weighted by molar-refractivity contribution is 5.82. The highest BCUT2D eigenvalue weighted by Crippen LogP contribution is 2.57. The van der Waals surface area contributed by atoms with Crippen LogP contribution in [0.2, 0.25) is 0 Å². The molecule has 2 N–H and O–H groups in total. The SMILES string of the molecule is C=CCOC1CCCN(C(O)NC2C[C@]2(C(=O)OC)C2CCCCC2)C1. The number of hydrogen-bond acceptors (Lipinski definition) is 6. The minimum atomic E-state index is -0.745. The molecule has 0 bridgehead atoms. The maximum Gasteiger partial charge on any atom is 0.313 e. The maximum atomic E-state index is 12.5. The molecule has 2 aliphatic carbocycles. The van der Waals surface area contributed by atoms with E-state index in [0.29, 0.717) is 19.1 Å². The minimum absolute atomic E-state index is 0.00233. The standard InChI is InChI=1S/C20H34N2O4/c1-3-12-26-16-10-7-11-22(14-16)19(24)21-17-13-20(17,18(23)25-2)15-8-5-4-6-9-15/h3,15-17,19,21,24H,1,4-14H2,2H3/t16?,17?,19?,20-/m0/s1. The minimum Gasteiger partial charge on any atom is -0.469 e. The molecule has 1 heterocycles. The summed E-state index contributed by atoms with van der Waals surface area (Å²) in [6, 6.07) is 0.00233. The van der Waals surface area contributed by atoms with Crippen molar-refractivity contribution in [2.45, 2.75) is 69.9 Å². The summed E-state index contributed by atoms with van der Waals surface area (Å²) in [6.45, 7) is 5.76. The Kier molecular flexibility index (Phi) is 6.72. The quantitative estimate of drug-likeness (QED) is 0.389. The van der Waals surface area contributed by atoms with Gasteiger partial charge in [0.25, 0.3) is 0 Å². The fraction of sp³-hybridized carbons (Fsp3) is 0.850. The molecule has 6 nitrogen and oxygen atoms in total. The summed E-state index contributed by atoms with van der Waals surface area (Å²) >= 11 is 0. The van der Waals surface area contributed by atoms with Crippen molar-refractivity contribution in [1.29, 1.82) is 0 Å². The van der Waals surface area contributed by atoms with Crippen LogP contribution in [0.25, 0.3) is 0 Å². The first kappa shape index (κ1) is 19.8. The first-order valence-electron chi connectivity index (χ1n) is 10.1. The van der Waals surface area contributed by atoms with Crippen molar-refractivity contribution in [3.05, 3.63) is 12.7 Å². The van der Waals surface area contributed by atoms with Crippen LogP contribution in [-0.4, -0.2) is 61.3 Å². The normalized spacial score (nSPS) is 34.2. The van der Waals surface area contributed by atoms with Crippen molar-refractivity contribution in [3.8, 4) is 0 Å². The van der Waals surface area contributed by atoms with Crippen LogP contribution in [0.3, 0.4) is 0 Å².